The van der Waals surface area contributed by atoms with E-state index >= 15 is 0 Å². The van der Waals surface area contributed by atoms with Crippen molar-refractivity contribution in [3.63, 3.8) is 0 Å². The summed E-state index contributed by atoms with van der Waals surface area (Å²) in [6.45, 7) is 2.36. The fraction of sp³-hybridized carbons (Fsp3) is 0.556. The summed E-state index contributed by atoms with van der Waals surface area (Å²) in [4.78, 5) is 25.6. The highest BCUT2D eigenvalue weighted by Crippen LogP contribution is 2.30. The predicted octanol–water partition coefficient (Wildman–Crippen LogP) is 3.69. The summed E-state index contributed by atoms with van der Waals surface area (Å²) in [6.07, 6.45) is -3.58. The van der Waals surface area contributed by atoms with Crippen LogP contribution in [-0.2, 0) is 22.2 Å². The summed E-state index contributed by atoms with van der Waals surface area (Å²) in [5.74, 6) is -0.0657. The molecule has 1 saturated heterocycles. The number of aliphatic carboxylic acids is 1. The van der Waals surface area contributed by atoms with Gasteiger partial charge >= 0.3 is 12.1 Å². The number of rotatable bonds is 6. The first-order valence-electron chi connectivity index (χ1n) is 8.48. The molecule has 2 unspecified atom stereocenters. The smallest absolute Gasteiger partial charge is 0.416 e. The summed E-state index contributed by atoms with van der Waals surface area (Å²) in [6, 6.07) is 4.52. The Bertz CT molecular complexity index is 634. The Morgan fingerprint density at radius 1 is 1.31 bits per heavy atom. The van der Waals surface area contributed by atoms with E-state index in [1.165, 1.54) is 12.1 Å². The number of amides is 1. The third-order valence-electron chi connectivity index (χ3n) is 4.53. The molecule has 1 N–H and O–H groups in total. The van der Waals surface area contributed by atoms with Crippen molar-refractivity contribution in [1.29, 1.82) is 0 Å². The lowest BCUT2D eigenvalue weighted by molar-refractivity contribution is -0.142. The van der Waals surface area contributed by atoms with Crippen molar-refractivity contribution in [2.24, 2.45) is 5.92 Å². The number of alkyl halides is 3. The minimum atomic E-state index is -4.38. The van der Waals surface area contributed by atoms with Crippen molar-refractivity contribution in [3.05, 3.63) is 35.4 Å². The number of hydrogen-bond donors (Lipinski definition) is 1. The maximum absolute atomic E-state index is 12.9. The van der Waals surface area contributed by atoms with E-state index in [1.54, 1.807) is 16.7 Å². The zero-order valence-electron chi connectivity index (χ0n) is 14.5. The van der Waals surface area contributed by atoms with Crippen LogP contribution in [-0.4, -0.2) is 46.0 Å². The van der Waals surface area contributed by atoms with Gasteiger partial charge in [-0.05, 0) is 30.5 Å². The molecule has 2 atom stereocenters. The quantitative estimate of drug-likeness (QED) is 0.806. The third kappa shape index (κ3) is 5.40. The number of carboxylic acid groups (broad SMARTS) is 1. The number of carboxylic acids is 1. The standard InChI is InChI=1S/C18H22F3NO3S/c1-2-13(9-12-3-5-14(6-4-12)18(19,20)21)17(25)22-7-8-26-11-15(22)10-16(23)24/h3-6,13,15H,2,7-11H2,1H3,(H,23,24). The summed E-state index contributed by atoms with van der Waals surface area (Å²) in [7, 11) is 0. The van der Waals surface area contributed by atoms with Crippen molar-refractivity contribution in [3.8, 4) is 0 Å². The monoisotopic (exact) mass is 389 g/mol. The number of benzene rings is 1. The molecule has 2 rings (SSSR count). The Morgan fingerprint density at radius 2 is 1.96 bits per heavy atom. The maximum atomic E-state index is 12.9. The molecule has 0 aromatic heterocycles. The first kappa shape index (κ1) is 20.6. The van der Waals surface area contributed by atoms with Crippen molar-refractivity contribution in [2.75, 3.05) is 18.1 Å². The lowest BCUT2D eigenvalue weighted by Gasteiger charge is -2.37. The summed E-state index contributed by atoms with van der Waals surface area (Å²) in [5, 5.41) is 9.05. The molecule has 8 heteroatoms. The van der Waals surface area contributed by atoms with Gasteiger partial charge in [-0.3, -0.25) is 9.59 Å². The van der Waals surface area contributed by atoms with E-state index in [0.717, 1.165) is 17.9 Å². The van der Waals surface area contributed by atoms with E-state index in [1.807, 2.05) is 6.92 Å². The van der Waals surface area contributed by atoms with Crippen molar-refractivity contribution in [1.82, 2.24) is 4.90 Å². The van der Waals surface area contributed by atoms with Gasteiger partial charge in [0.05, 0.1) is 18.0 Å². The van der Waals surface area contributed by atoms with Gasteiger partial charge in [-0.25, -0.2) is 0 Å². The van der Waals surface area contributed by atoms with Gasteiger partial charge < -0.3 is 10.0 Å². The van der Waals surface area contributed by atoms with Crippen LogP contribution in [0.1, 0.15) is 30.9 Å². The van der Waals surface area contributed by atoms with Crippen molar-refractivity contribution >= 4 is 23.6 Å². The number of halogens is 3. The van der Waals surface area contributed by atoms with Crippen LogP contribution in [0.3, 0.4) is 0 Å². The van der Waals surface area contributed by atoms with Crippen LogP contribution in [0.5, 0.6) is 0 Å². The minimum Gasteiger partial charge on any atom is -0.481 e. The Balaban J connectivity index is 2.08. The van der Waals surface area contributed by atoms with Crippen LogP contribution in [0.25, 0.3) is 0 Å². The third-order valence-corrected chi connectivity index (χ3v) is 5.62. The van der Waals surface area contributed by atoms with Gasteiger partial charge in [0.1, 0.15) is 0 Å². The van der Waals surface area contributed by atoms with Crippen LogP contribution in [0, 0.1) is 5.92 Å². The highest BCUT2D eigenvalue weighted by molar-refractivity contribution is 7.99. The summed E-state index contributed by atoms with van der Waals surface area (Å²) >= 11 is 1.63. The van der Waals surface area contributed by atoms with Crippen molar-refractivity contribution in [2.45, 2.75) is 38.4 Å². The first-order chi connectivity index (χ1) is 12.2. The largest absolute Gasteiger partial charge is 0.481 e. The molecule has 26 heavy (non-hydrogen) atoms. The molecule has 144 valence electrons. The number of thioether (sulfide) groups is 1. The molecule has 0 aliphatic carbocycles. The molecule has 0 radical (unpaired) electrons. The molecule has 1 fully saturated rings. The van der Waals surface area contributed by atoms with Gasteiger partial charge in [0, 0.05) is 24.0 Å². The molecule has 1 aliphatic heterocycles. The SMILES string of the molecule is CCC(Cc1ccc(C(F)(F)F)cc1)C(=O)N1CCSCC1CC(=O)O. The second kappa shape index (κ2) is 8.79. The van der Waals surface area contributed by atoms with E-state index in [2.05, 4.69) is 0 Å². The average Bonchev–Trinajstić information content (AvgIpc) is 2.58. The predicted molar refractivity (Wildman–Crippen MR) is 94.0 cm³/mol. The molecular formula is C18H22F3NO3S. The zero-order chi connectivity index (χ0) is 19.3. The van der Waals surface area contributed by atoms with Crippen LogP contribution >= 0.6 is 11.8 Å². The molecule has 1 heterocycles. The van der Waals surface area contributed by atoms with Crippen LogP contribution in [0.4, 0.5) is 13.2 Å². The van der Waals surface area contributed by atoms with Gasteiger partial charge in [0.2, 0.25) is 5.91 Å². The van der Waals surface area contributed by atoms with Crippen LogP contribution in [0.2, 0.25) is 0 Å². The summed E-state index contributed by atoms with van der Waals surface area (Å²) < 4.78 is 38.0. The molecule has 1 aliphatic rings. The number of hydrogen-bond acceptors (Lipinski definition) is 3. The van der Waals surface area contributed by atoms with Crippen LogP contribution in [0.15, 0.2) is 24.3 Å². The Labute approximate surface area is 154 Å². The van der Waals surface area contributed by atoms with E-state index in [0.29, 0.717) is 30.7 Å². The fourth-order valence-electron chi connectivity index (χ4n) is 3.07. The maximum Gasteiger partial charge on any atom is 0.416 e. The van der Waals surface area contributed by atoms with Crippen LogP contribution < -0.4 is 0 Å². The van der Waals surface area contributed by atoms with Gasteiger partial charge in [-0.15, -0.1) is 0 Å². The van der Waals surface area contributed by atoms with E-state index in [9.17, 15) is 22.8 Å². The fourth-order valence-corrected chi connectivity index (χ4v) is 4.13. The molecular weight excluding hydrogens is 367 g/mol. The molecule has 0 spiro atoms. The van der Waals surface area contributed by atoms with Gasteiger partial charge in [0.25, 0.3) is 0 Å². The lowest BCUT2D eigenvalue weighted by Crippen LogP contribution is -2.49. The van der Waals surface area contributed by atoms with E-state index in [-0.39, 0.29) is 24.3 Å². The van der Waals surface area contributed by atoms with Gasteiger partial charge in [0.15, 0.2) is 0 Å². The normalized spacial score (nSPS) is 19.2. The number of nitrogens with zero attached hydrogens (tertiary/aromatic N) is 1. The number of carbonyl (C=O) groups is 2. The zero-order valence-corrected chi connectivity index (χ0v) is 15.3. The molecule has 1 aromatic rings. The van der Waals surface area contributed by atoms with Gasteiger partial charge in [-0.1, -0.05) is 19.1 Å². The van der Waals surface area contributed by atoms with Crippen molar-refractivity contribution < 1.29 is 27.9 Å². The van der Waals surface area contributed by atoms with E-state index < -0.39 is 17.7 Å². The molecule has 1 aromatic carbocycles. The Morgan fingerprint density at radius 3 is 2.50 bits per heavy atom. The Hall–Kier alpha value is -1.70. The Kier molecular flexibility index (Phi) is 6.97. The summed E-state index contributed by atoms with van der Waals surface area (Å²) in [5.41, 5.74) is -0.0467. The topological polar surface area (TPSA) is 57.6 Å². The molecule has 4 nitrogen and oxygen atoms in total. The lowest BCUT2D eigenvalue weighted by atomic mass is 9.94. The first-order valence-corrected chi connectivity index (χ1v) is 9.64. The van der Waals surface area contributed by atoms with Gasteiger partial charge in [-0.2, -0.15) is 24.9 Å². The number of carbonyl (C=O) groups excluding carboxylic acids is 1. The second-order valence-electron chi connectivity index (χ2n) is 6.36. The molecule has 0 bridgehead atoms. The molecule has 1 amide bonds. The average molecular weight is 389 g/mol. The highest BCUT2D eigenvalue weighted by Gasteiger charge is 2.33. The minimum absolute atomic E-state index is 0.0878. The van der Waals surface area contributed by atoms with E-state index in [4.69, 9.17) is 5.11 Å². The molecule has 0 saturated carbocycles. The highest BCUT2D eigenvalue weighted by atomic mass is 32.2. The second-order valence-corrected chi connectivity index (χ2v) is 7.51.